The van der Waals surface area contributed by atoms with Crippen molar-refractivity contribution in [2.24, 2.45) is 16.7 Å². The summed E-state index contributed by atoms with van der Waals surface area (Å²) in [4.78, 5) is 11.6. The number of carbonyl (C=O) groups is 1. The molecular weight excluding hydrogens is 314 g/mol. The average Bonchev–Trinajstić information content (AvgIpc) is 2.71. The number of rotatable bonds is 7. The molecule has 2 aliphatic carbocycles. The number of fused-ring (bicyclic) bond motifs is 2. The zero-order valence-corrected chi connectivity index (χ0v) is 16.4. The number of nitrogens with zero attached hydrogens (tertiary/aromatic N) is 1. The van der Waals surface area contributed by atoms with Crippen molar-refractivity contribution in [3.05, 3.63) is 0 Å². The molecule has 0 aromatic rings. The first-order valence-electron chi connectivity index (χ1n) is 8.71. The van der Waals surface area contributed by atoms with E-state index in [-0.39, 0.29) is 18.4 Å². The van der Waals surface area contributed by atoms with Gasteiger partial charge in [0, 0.05) is 0 Å². The minimum atomic E-state index is -0.125. The standard InChI is InChI=1S/C18H34NO3.ClH/c1-7-21-16(20)13-19(5,6)10-11-22-15-12-14-8-9-18(15,4)17(14,2)3;/h14-15H,7-13H2,1-6H3;1H/q+1;/p-1. The fourth-order valence-corrected chi connectivity index (χ4v) is 4.46. The first kappa shape index (κ1) is 20.7. The predicted molar refractivity (Wildman–Crippen MR) is 87.4 cm³/mol. The van der Waals surface area contributed by atoms with Crippen LogP contribution in [0.15, 0.2) is 0 Å². The van der Waals surface area contributed by atoms with E-state index in [1.54, 1.807) is 0 Å². The highest BCUT2D eigenvalue weighted by Crippen LogP contribution is 2.66. The summed E-state index contributed by atoms with van der Waals surface area (Å²) in [6.45, 7) is 11.5. The SMILES string of the molecule is CCOC(=O)C[N+](C)(C)CCOC1CC2CCC1(C)C2(C)C.[Cl-]. The van der Waals surface area contributed by atoms with E-state index in [4.69, 9.17) is 9.47 Å². The highest BCUT2D eigenvalue weighted by Gasteiger charge is 2.61. The van der Waals surface area contributed by atoms with Gasteiger partial charge in [-0.3, -0.25) is 0 Å². The van der Waals surface area contributed by atoms with Crippen molar-refractivity contribution < 1.29 is 31.2 Å². The molecule has 23 heavy (non-hydrogen) atoms. The summed E-state index contributed by atoms with van der Waals surface area (Å²) < 4.78 is 12.0. The smallest absolute Gasteiger partial charge is 0.361 e. The molecule has 0 amide bonds. The molecule has 2 bridgehead atoms. The maximum atomic E-state index is 11.6. The number of hydrogen-bond acceptors (Lipinski definition) is 3. The highest BCUT2D eigenvalue weighted by molar-refractivity contribution is 5.70. The van der Waals surface area contributed by atoms with Gasteiger partial charge in [-0.05, 0) is 42.9 Å². The molecule has 0 aromatic heterocycles. The molecule has 0 saturated heterocycles. The number of carbonyl (C=O) groups excluding carboxylic acids is 1. The number of halogens is 1. The van der Waals surface area contributed by atoms with E-state index in [0.717, 1.165) is 19.1 Å². The number of quaternary nitrogens is 1. The van der Waals surface area contributed by atoms with E-state index in [1.165, 1.54) is 19.3 Å². The molecule has 0 heterocycles. The first-order valence-corrected chi connectivity index (χ1v) is 8.71. The molecule has 3 atom stereocenters. The lowest BCUT2D eigenvalue weighted by molar-refractivity contribution is -0.883. The van der Waals surface area contributed by atoms with Crippen molar-refractivity contribution in [3.63, 3.8) is 0 Å². The second kappa shape index (κ2) is 7.28. The van der Waals surface area contributed by atoms with Gasteiger partial charge in [0.2, 0.25) is 0 Å². The molecular formula is C18H34ClNO3. The van der Waals surface area contributed by atoms with Crippen LogP contribution in [0.1, 0.15) is 47.0 Å². The Balaban J connectivity index is 0.00000264. The van der Waals surface area contributed by atoms with E-state index >= 15 is 0 Å². The normalized spacial score (nSPS) is 31.7. The third-order valence-electron chi connectivity index (χ3n) is 6.59. The zero-order chi connectivity index (χ0) is 16.6. The van der Waals surface area contributed by atoms with Crippen molar-refractivity contribution in [2.45, 2.75) is 53.1 Å². The topological polar surface area (TPSA) is 35.5 Å². The van der Waals surface area contributed by atoms with Gasteiger partial charge in [-0.25, -0.2) is 4.79 Å². The summed E-state index contributed by atoms with van der Waals surface area (Å²) in [5.41, 5.74) is 0.711. The maximum Gasteiger partial charge on any atom is 0.361 e. The Morgan fingerprint density at radius 3 is 2.39 bits per heavy atom. The van der Waals surface area contributed by atoms with E-state index in [1.807, 2.05) is 6.92 Å². The Hall–Kier alpha value is -0.320. The first-order chi connectivity index (χ1) is 10.1. The lowest BCUT2D eigenvalue weighted by Crippen LogP contribution is -3.00. The van der Waals surface area contributed by atoms with Gasteiger partial charge in [0.15, 0.2) is 6.54 Å². The van der Waals surface area contributed by atoms with Crippen LogP contribution in [0.5, 0.6) is 0 Å². The van der Waals surface area contributed by atoms with Crippen molar-refractivity contribution in [1.82, 2.24) is 0 Å². The number of likely N-dealkylation sites (N-methyl/N-ethyl adjacent to an activating group) is 1. The summed E-state index contributed by atoms with van der Waals surface area (Å²) >= 11 is 0. The van der Waals surface area contributed by atoms with Gasteiger partial charge in [0.05, 0.1) is 33.4 Å². The van der Waals surface area contributed by atoms with Crippen LogP contribution < -0.4 is 12.4 Å². The Kier molecular flexibility index (Phi) is 6.56. The fraction of sp³-hybridized carbons (Fsp3) is 0.944. The molecule has 0 N–H and O–H groups in total. The monoisotopic (exact) mass is 347 g/mol. The Bertz CT molecular complexity index is 424. The molecule has 0 aliphatic heterocycles. The number of ether oxygens (including phenoxy) is 2. The number of esters is 1. The molecule has 0 spiro atoms. The van der Waals surface area contributed by atoms with Crippen LogP contribution in [-0.4, -0.2) is 57.0 Å². The van der Waals surface area contributed by atoms with Gasteiger partial charge in [0.1, 0.15) is 6.54 Å². The number of hydrogen-bond donors (Lipinski definition) is 0. The molecule has 0 aromatic carbocycles. The van der Waals surface area contributed by atoms with Crippen molar-refractivity contribution in [2.75, 3.05) is 40.4 Å². The van der Waals surface area contributed by atoms with E-state index in [2.05, 4.69) is 34.9 Å². The van der Waals surface area contributed by atoms with Crippen molar-refractivity contribution in [3.8, 4) is 0 Å². The van der Waals surface area contributed by atoms with E-state index < -0.39 is 0 Å². The van der Waals surface area contributed by atoms with Crippen LogP contribution in [0.2, 0.25) is 0 Å². The van der Waals surface area contributed by atoms with Gasteiger partial charge in [-0.2, -0.15) is 0 Å². The Morgan fingerprint density at radius 2 is 1.91 bits per heavy atom. The van der Waals surface area contributed by atoms with Crippen LogP contribution >= 0.6 is 0 Å². The molecule has 2 rings (SSSR count). The summed E-state index contributed by atoms with van der Waals surface area (Å²) in [5.74, 6) is 0.685. The lowest BCUT2D eigenvalue weighted by atomic mass is 9.70. The van der Waals surface area contributed by atoms with Crippen LogP contribution in [0.25, 0.3) is 0 Å². The van der Waals surface area contributed by atoms with Gasteiger partial charge >= 0.3 is 5.97 Å². The Labute approximate surface area is 147 Å². The fourth-order valence-electron chi connectivity index (χ4n) is 4.46. The predicted octanol–water partition coefficient (Wildman–Crippen LogP) is -0.139. The van der Waals surface area contributed by atoms with Gasteiger partial charge in [-0.15, -0.1) is 0 Å². The Morgan fingerprint density at radius 1 is 1.26 bits per heavy atom. The summed E-state index contributed by atoms with van der Waals surface area (Å²) in [6, 6.07) is 0. The quantitative estimate of drug-likeness (QED) is 0.475. The molecule has 136 valence electrons. The van der Waals surface area contributed by atoms with Crippen LogP contribution in [0, 0.1) is 16.7 Å². The van der Waals surface area contributed by atoms with Crippen LogP contribution in [0.3, 0.4) is 0 Å². The third-order valence-corrected chi connectivity index (χ3v) is 6.59. The summed E-state index contributed by atoms with van der Waals surface area (Å²) in [5, 5.41) is 0. The van der Waals surface area contributed by atoms with Crippen LogP contribution in [-0.2, 0) is 14.3 Å². The highest BCUT2D eigenvalue weighted by atomic mass is 35.5. The molecule has 5 heteroatoms. The molecule has 2 aliphatic rings. The lowest BCUT2D eigenvalue weighted by Gasteiger charge is -2.39. The van der Waals surface area contributed by atoms with Gasteiger partial charge in [-0.1, -0.05) is 20.8 Å². The van der Waals surface area contributed by atoms with Gasteiger partial charge in [0.25, 0.3) is 0 Å². The minimum Gasteiger partial charge on any atom is -1.00 e. The van der Waals surface area contributed by atoms with Gasteiger partial charge < -0.3 is 26.4 Å². The molecule has 2 saturated carbocycles. The minimum absolute atomic E-state index is 0. The summed E-state index contributed by atoms with van der Waals surface area (Å²) in [6.07, 6.45) is 4.22. The van der Waals surface area contributed by atoms with E-state index in [9.17, 15) is 4.79 Å². The maximum absolute atomic E-state index is 11.6. The molecule has 0 radical (unpaired) electrons. The molecule has 4 nitrogen and oxygen atoms in total. The van der Waals surface area contributed by atoms with Crippen LogP contribution in [0.4, 0.5) is 0 Å². The summed E-state index contributed by atoms with van der Waals surface area (Å²) in [7, 11) is 4.12. The largest absolute Gasteiger partial charge is 1.00 e. The average molecular weight is 348 g/mol. The second-order valence-corrected chi connectivity index (χ2v) is 8.59. The molecule has 3 unspecified atom stereocenters. The zero-order valence-electron chi connectivity index (χ0n) is 15.7. The second-order valence-electron chi connectivity index (χ2n) is 8.59. The third kappa shape index (κ3) is 4.02. The molecule has 2 fully saturated rings. The van der Waals surface area contributed by atoms with Crippen molar-refractivity contribution in [1.29, 1.82) is 0 Å². The van der Waals surface area contributed by atoms with Crippen molar-refractivity contribution >= 4 is 5.97 Å². The van der Waals surface area contributed by atoms with E-state index in [0.29, 0.717) is 34.6 Å².